The van der Waals surface area contributed by atoms with Crippen molar-refractivity contribution in [3.05, 3.63) is 109 Å². The van der Waals surface area contributed by atoms with Gasteiger partial charge in [-0.25, -0.2) is 0 Å². The van der Waals surface area contributed by atoms with Crippen LogP contribution < -0.4 is 10.6 Å². The fraction of sp³-hybridized carbons (Fsp3) is 0.0667. The van der Waals surface area contributed by atoms with Crippen LogP contribution in [0.3, 0.4) is 0 Å². The molecule has 6 rings (SSSR count). The SMILES string of the molecule is Cn1c(SSc2c(C(=O)Nc3cccnc3)c3ccccc3n2C)c(C(=O)Nc2cccnc2)c2ccccc21. The minimum absolute atomic E-state index is 0.223. The van der Waals surface area contributed by atoms with Gasteiger partial charge in [-0.3, -0.25) is 19.6 Å². The number of aromatic nitrogens is 4. The molecule has 0 radical (unpaired) electrons. The van der Waals surface area contributed by atoms with Crippen molar-refractivity contribution in [2.45, 2.75) is 10.1 Å². The van der Waals surface area contributed by atoms with Gasteiger partial charge in [0.2, 0.25) is 0 Å². The van der Waals surface area contributed by atoms with Gasteiger partial charge in [0.15, 0.2) is 0 Å². The van der Waals surface area contributed by atoms with Crippen molar-refractivity contribution in [3.63, 3.8) is 0 Å². The molecule has 0 bridgehead atoms. The zero-order valence-corrected chi connectivity index (χ0v) is 23.3. The predicted molar refractivity (Wildman–Crippen MR) is 162 cm³/mol. The van der Waals surface area contributed by atoms with Crippen molar-refractivity contribution in [1.82, 2.24) is 19.1 Å². The number of amides is 2. The third-order valence-electron chi connectivity index (χ3n) is 6.60. The number of rotatable bonds is 7. The summed E-state index contributed by atoms with van der Waals surface area (Å²) in [4.78, 5) is 35.4. The number of aryl methyl sites for hydroxylation is 2. The third-order valence-corrected chi connectivity index (χ3v) is 9.15. The zero-order chi connectivity index (χ0) is 27.6. The Labute approximate surface area is 238 Å². The van der Waals surface area contributed by atoms with E-state index in [1.807, 2.05) is 71.8 Å². The monoisotopic (exact) mass is 564 g/mol. The molecule has 0 aliphatic rings. The Morgan fingerprint density at radius 2 is 1.05 bits per heavy atom. The van der Waals surface area contributed by atoms with E-state index in [2.05, 4.69) is 20.6 Å². The second-order valence-corrected chi connectivity index (χ2v) is 11.2. The Kier molecular flexibility index (Phi) is 7.02. The molecular formula is C30H24N6O2S2. The maximum atomic E-state index is 13.6. The normalized spacial score (nSPS) is 11.2. The van der Waals surface area contributed by atoms with Gasteiger partial charge in [-0.1, -0.05) is 36.4 Å². The van der Waals surface area contributed by atoms with Gasteiger partial charge in [0, 0.05) is 48.3 Å². The van der Waals surface area contributed by atoms with E-state index in [1.165, 1.54) is 21.6 Å². The molecule has 0 atom stereocenters. The summed E-state index contributed by atoms with van der Waals surface area (Å²) in [5.74, 6) is -0.445. The molecule has 6 aromatic rings. The van der Waals surface area contributed by atoms with Crippen LogP contribution in [0.1, 0.15) is 20.7 Å². The summed E-state index contributed by atoms with van der Waals surface area (Å²) in [5, 5.41) is 9.20. The van der Waals surface area contributed by atoms with Gasteiger partial charge in [-0.05, 0) is 58.0 Å². The molecule has 0 saturated carbocycles. The van der Waals surface area contributed by atoms with E-state index in [-0.39, 0.29) is 11.8 Å². The molecule has 0 spiro atoms. The third kappa shape index (κ3) is 4.72. The highest BCUT2D eigenvalue weighted by atomic mass is 33.1. The van der Waals surface area contributed by atoms with Crippen LogP contribution in [0.25, 0.3) is 21.8 Å². The van der Waals surface area contributed by atoms with E-state index in [4.69, 9.17) is 0 Å². The van der Waals surface area contributed by atoms with Crippen molar-refractivity contribution in [2.24, 2.45) is 14.1 Å². The zero-order valence-electron chi connectivity index (χ0n) is 21.7. The average molecular weight is 565 g/mol. The van der Waals surface area contributed by atoms with Gasteiger partial charge in [-0.2, -0.15) is 0 Å². The number of hydrogen-bond acceptors (Lipinski definition) is 6. The molecule has 40 heavy (non-hydrogen) atoms. The number of benzene rings is 2. The minimum atomic E-state index is -0.223. The van der Waals surface area contributed by atoms with E-state index in [0.717, 1.165) is 31.9 Å². The van der Waals surface area contributed by atoms with E-state index < -0.39 is 0 Å². The number of carbonyl (C=O) groups is 2. The van der Waals surface area contributed by atoms with E-state index in [1.54, 1.807) is 49.1 Å². The number of para-hydroxylation sites is 2. The van der Waals surface area contributed by atoms with Crippen molar-refractivity contribution < 1.29 is 9.59 Å². The average Bonchev–Trinajstić information content (AvgIpc) is 3.43. The summed E-state index contributed by atoms with van der Waals surface area (Å²) in [5.41, 5.74) is 4.25. The number of carbonyl (C=O) groups excluding carboxylic acids is 2. The van der Waals surface area contributed by atoms with Crippen LogP contribution in [0, 0.1) is 0 Å². The Morgan fingerprint density at radius 1 is 0.625 bits per heavy atom. The van der Waals surface area contributed by atoms with Gasteiger partial charge >= 0.3 is 0 Å². The molecule has 198 valence electrons. The maximum Gasteiger partial charge on any atom is 0.259 e. The number of fused-ring (bicyclic) bond motifs is 2. The molecule has 0 saturated heterocycles. The molecule has 4 heterocycles. The second-order valence-electron chi connectivity index (χ2n) is 9.07. The molecule has 4 aromatic heterocycles. The standard InChI is InChI=1S/C30H24N6O2S2/c1-35-23-13-5-3-11-21(23)25(27(37)33-19-9-7-15-31-17-19)29(35)39-40-30-26(22-12-4-6-14-24(22)36(30)2)28(38)34-20-10-8-16-32-18-20/h3-18H,1-2H3,(H,33,37)(H,34,38). The molecule has 10 heteroatoms. The first-order valence-electron chi connectivity index (χ1n) is 12.4. The van der Waals surface area contributed by atoms with Crippen LogP contribution in [-0.4, -0.2) is 30.9 Å². The Bertz CT molecular complexity index is 1730. The second kappa shape index (κ2) is 10.9. The lowest BCUT2D eigenvalue weighted by Crippen LogP contribution is -2.13. The highest BCUT2D eigenvalue weighted by Gasteiger charge is 2.26. The van der Waals surface area contributed by atoms with Gasteiger partial charge in [0.25, 0.3) is 11.8 Å². The topological polar surface area (TPSA) is 93.8 Å². The molecule has 0 fully saturated rings. The van der Waals surface area contributed by atoms with Crippen molar-refractivity contribution in [3.8, 4) is 0 Å². The van der Waals surface area contributed by atoms with E-state index in [9.17, 15) is 9.59 Å². The number of anilines is 2. The first-order chi connectivity index (χ1) is 19.5. The number of nitrogens with zero attached hydrogens (tertiary/aromatic N) is 4. The van der Waals surface area contributed by atoms with Crippen LogP contribution in [0.2, 0.25) is 0 Å². The lowest BCUT2D eigenvalue weighted by atomic mass is 10.1. The largest absolute Gasteiger partial charge is 0.337 e. The summed E-state index contributed by atoms with van der Waals surface area (Å²) in [6.07, 6.45) is 6.56. The van der Waals surface area contributed by atoms with Crippen LogP contribution in [0.15, 0.2) is 108 Å². The summed E-state index contributed by atoms with van der Waals surface area (Å²) in [6.45, 7) is 0. The first kappa shape index (κ1) is 25.7. The number of hydrogen-bond donors (Lipinski definition) is 2. The molecule has 0 aliphatic carbocycles. The molecule has 8 nitrogen and oxygen atoms in total. The van der Waals surface area contributed by atoms with Crippen LogP contribution >= 0.6 is 21.6 Å². The molecule has 0 aliphatic heterocycles. The summed E-state index contributed by atoms with van der Waals surface area (Å²) < 4.78 is 4.03. The summed E-state index contributed by atoms with van der Waals surface area (Å²) >= 11 is 0. The van der Waals surface area contributed by atoms with E-state index >= 15 is 0 Å². The van der Waals surface area contributed by atoms with Gasteiger partial charge < -0.3 is 19.8 Å². The van der Waals surface area contributed by atoms with Crippen LogP contribution in [0.4, 0.5) is 11.4 Å². The smallest absolute Gasteiger partial charge is 0.259 e. The highest BCUT2D eigenvalue weighted by molar-refractivity contribution is 8.76. The van der Waals surface area contributed by atoms with Crippen LogP contribution in [-0.2, 0) is 14.1 Å². The van der Waals surface area contributed by atoms with Gasteiger partial charge in [0.05, 0.1) is 44.9 Å². The fourth-order valence-electron chi connectivity index (χ4n) is 4.71. The number of pyridine rings is 2. The predicted octanol–water partition coefficient (Wildman–Crippen LogP) is 6.76. The van der Waals surface area contributed by atoms with Gasteiger partial charge in [0.1, 0.15) is 0 Å². The fourth-order valence-corrected chi connectivity index (χ4v) is 7.51. The van der Waals surface area contributed by atoms with Crippen molar-refractivity contribution >= 4 is 66.6 Å². The lowest BCUT2D eigenvalue weighted by Gasteiger charge is -2.11. The summed E-state index contributed by atoms with van der Waals surface area (Å²) in [7, 11) is 6.79. The Balaban J connectivity index is 1.40. The van der Waals surface area contributed by atoms with Crippen molar-refractivity contribution in [2.75, 3.05) is 10.6 Å². The molecule has 2 N–H and O–H groups in total. The molecule has 2 aromatic carbocycles. The minimum Gasteiger partial charge on any atom is -0.337 e. The molecule has 0 unspecified atom stereocenters. The quantitative estimate of drug-likeness (QED) is 0.208. The number of nitrogens with one attached hydrogen (secondary N) is 2. The van der Waals surface area contributed by atoms with Gasteiger partial charge in [-0.15, -0.1) is 0 Å². The first-order valence-corrected chi connectivity index (χ1v) is 14.6. The van der Waals surface area contributed by atoms with E-state index in [0.29, 0.717) is 22.5 Å². The van der Waals surface area contributed by atoms with Crippen LogP contribution in [0.5, 0.6) is 0 Å². The summed E-state index contributed by atoms with van der Waals surface area (Å²) in [6, 6.07) is 22.8. The lowest BCUT2D eigenvalue weighted by molar-refractivity contribution is 0.101. The van der Waals surface area contributed by atoms with Crippen molar-refractivity contribution in [1.29, 1.82) is 0 Å². The molecule has 2 amide bonds. The highest BCUT2D eigenvalue weighted by Crippen LogP contribution is 2.45. The molecular weight excluding hydrogens is 541 g/mol. The Hall–Kier alpha value is -4.54. The maximum absolute atomic E-state index is 13.6. The Morgan fingerprint density at radius 3 is 1.45 bits per heavy atom.